The van der Waals surface area contributed by atoms with Crippen molar-refractivity contribution in [1.82, 2.24) is 9.55 Å². The van der Waals surface area contributed by atoms with Crippen LogP contribution in [0.2, 0.25) is 0 Å². The number of carboxylic acid groups (broad SMARTS) is 1. The van der Waals surface area contributed by atoms with E-state index in [0.717, 1.165) is 0 Å². The van der Waals surface area contributed by atoms with Gasteiger partial charge in [0.15, 0.2) is 0 Å². The van der Waals surface area contributed by atoms with Gasteiger partial charge < -0.3 is 9.84 Å². The summed E-state index contributed by atoms with van der Waals surface area (Å²) in [5.41, 5.74) is 1.27. The van der Waals surface area contributed by atoms with Gasteiger partial charge in [0.25, 0.3) is 5.56 Å². The SMILES string of the molecule is COc1ccc(C(=O)O)cc1Cn1cnc(C)c(I)c1=O. The number of ether oxygens (including phenoxy) is 1. The first-order chi connectivity index (χ1) is 9.93. The third kappa shape index (κ3) is 3.23. The molecule has 0 aliphatic heterocycles. The fourth-order valence-corrected chi connectivity index (χ4v) is 2.33. The third-order valence-electron chi connectivity index (χ3n) is 3.03. The summed E-state index contributed by atoms with van der Waals surface area (Å²) in [6.45, 7) is 1.96. The Morgan fingerprint density at radius 1 is 1.48 bits per heavy atom. The van der Waals surface area contributed by atoms with Gasteiger partial charge in [-0.1, -0.05) is 0 Å². The lowest BCUT2D eigenvalue weighted by Gasteiger charge is -2.11. The molecule has 0 unspecified atom stereocenters. The maximum absolute atomic E-state index is 12.2. The number of aryl methyl sites for hydroxylation is 1. The van der Waals surface area contributed by atoms with Crippen LogP contribution in [0.25, 0.3) is 0 Å². The zero-order chi connectivity index (χ0) is 15.6. The lowest BCUT2D eigenvalue weighted by Crippen LogP contribution is -2.24. The molecule has 0 aliphatic rings. The number of halogens is 1. The second kappa shape index (κ2) is 6.25. The van der Waals surface area contributed by atoms with Gasteiger partial charge in [0.2, 0.25) is 0 Å². The molecule has 1 aromatic heterocycles. The van der Waals surface area contributed by atoms with Crippen molar-refractivity contribution < 1.29 is 14.6 Å². The minimum absolute atomic E-state index is 0.147. The lowest BCUT2D eigenvalue weighted by atomic mass is 10.1. The molecule has 21 heavy (non-hydrogen) atoms. The minimum Gasteiger partial charge on any atom is -0.496 e. The molecule has 0 bridgehead atoms. The molecule has 110 valence electrons. The Balaban J connectivity index is 2.48. The van der Waals surface area contributed by atoms with Crippen LogP contribution in [0, 0.1) is 10.5 Å². The summed E-state index contributed by atoms with van der Waals surface area (Å²) in [5.74, 6) is -0.495. The van der Waals surface area contributed by atoms with Crippen molar-refractivity contribution in [2.75, 3.05) is 7.11 Å². The van der Waals surface area contributed by atoms with Crippen molar-refractivity contribution in [3.63, 3.8) is 0 Å². The molecule has 1 aromatic carbocycles. The lowest BCUT2D eigenvalue weighted by molar-refractivity contribution is 0.0696. The molecular weight excluding hydrogens is 387 g/mol. The standard InChI is InChI=1S/C14H13IN2O4/c1-8-12(15)13(18)17(7-16-8)6-10-5-9(14(19)20)3-4-11(10)21-2/h3-5,7H,6H2,1-2H3,(H,19,20). The van der Waals surface area contributed by atoms with Gasteiger partial charge >= 0.3 is 5.97 Å². The Morgan fingerprint density at radius 3 is 2.81 bits per heavy atom. The van der Waals surface area contributed by atoms with E-state index in [4.69, 9.17) is 9.84 Å². The number of aromatic carboxylic acids is 1. The number of aromatic nitrogens is 2. The van der Waals surface area contributed by atoms with Crippen LogP contribution in [0.15, 0.2) is 29.3 Å². The van der Waals surface area contributed by atoms with Crippen LogP contribution in [0.5, 0.6) is 5.75 Å². The van der Waals surface area contributed by atoms with Crippen molar-refractivity contribution in [3.05, 3.63) is 55.3 Å². The fourth-order valence-electron chi connectivity index (χ4n) is 1.88. The monoisotopic (exact) mass is 400 g/mol. The summed E-state index contributed by atoms with van der Waals surface area (Å²) >= 11 is 1.95. The van der Waals surface area contributed by atoms with Crippen molar-refractivity contribution in [1.29, 1.82) is 0 Å². The Labute approximate surface area is 134 Å². The van der Waals surface area contributed by atoms with E-state index in [0.29, 0.717) is 20.6 Å². The zero-order valence-electron chi connectivity index (χ0n) is 11.5. The van der Waals surface area contributed by atoms with Gasteiger partial charge in [0.05, 0.1) is 34.8 Å². The molecule has 1 N–H and O–H groups in total. The highest BCUT2D eigenvalue weighted by atomic mass is 127. The maximum Gasteiger partial charge on any atom is 0.335 e. The molecule has 0 atom stereocenters. The summed E-state index contributed by atoms with van der Waals surface area (Å²) < 4.78 is 7.19. The molecular formula is C14H13IN2O4. The minimum atomic E-state index is -1.03. The molecule has 0 amide bonds. The van der Waals surface area contributed by atoms with Crippen LogP contribution in [-0.2, 0) is 6.54 Å². The summed E-state index contributed by atoms with van der Waals surface area (Å²) in [6.07, 6.45) is 1.45. The van der Waals surface area contributed by atoms with Gasteiger partial charge in [0, 0.05) is 5.56 Å². The molecule has 2 rings (SSSR count). The van der Waals surface area contributed by atoms with Gasteiger partial charge in [-0.15, -0.1) is 0 Å². The maximum atomic E-state index is 12.2. The van der Waals surface area contributed by atoms with E-state index in [9.17, 15) is 9.59 Å². The molecule has 0 radical (unpaired) electrons. The van der Waals surface area contributed by atoms with Crippen LogP contribution in [0.4, 0.5) is 0 Å². The predicted octanol–water partition coefficient (Wildman–Crippen LogP) is 1.91. The summed E-state index contributed by atoms with van der Waals surface area (Å²) in [4.78, 5) is 27.4. The van der Waals surface area contributed by atoms with E-state index in [2.05, 4.69) is 4.98 Å². The number of carboxylic acids is 1. The predicted molar refractivity (Wildman–Crippen MR) is 85.0 cm³/mol. The van der Waals surface area contributed by atoms with E-state index < -0.39 is 5.97 Å². The van der Waals surface area contributed by atoms with Gasteiger partial charge in [-0.3, -0.25) is 9.36 Å². The van der Waals surface area contributed by atoms with Crippen molar-refractivity contribution >= 4 is 28.6 Å². The molecule has 0 saturated carbocycles. The van der Waals surface area contributed by atoms with E-state index in [1.807, 2.05) is 22.6 Å². The molecule has 0 spiro atoms. The highest BCUT2D eigenvalue weighted by molar-refractivity contribution is 14.1. The summed E-state index contributed by atoms with van der Waals surface area (Å²) in [6, 6.07) is 4.54. The van der Waals surface area contributed by atoms with Gasteiger partial charge in [-0.25, -0.2) is 9.78 Å². The first-order valence-electron chi connectivity index (χ1n) is 6.05. The highest BCUT2D eigenvalue weighted by Gasteiger charge is 2.12. The normalized spacial score (nSPS) is 10.4. The van der Waals surface area contributed by atoms with Crippen molar-refractivity contribution in [2.24, 2.45) is 0 Å². The summed E-state index contributed by atoms with van der Waals surface area (Å²) in [7, 11) is 1.50. The second-order valence-corrected chi connectivity index (χ2v) is 5.49. The Kier molecular flexibility index (Phi) is 4.61. The smallest absolute Gasteiger partial charge is 0.335 e. The zero-order valence-corrected chi connectivity index (χ0v) is 13.6. The number of nitrogens with zero attached hydrogens (tertiary/aromatic N) is 2. The van der Waals surface area contributed by atoms with Gasteiger partial charge in [0.1, 0.15) is 5.75 Å². The molecule has 6 nitrogen and oxygen atoms in total. The number of methoxy groups -OCH3 is 1. The Morgan fingerprint density at radius 2 is 2.19 bits per heavy atom. The first kappa shape index (κ1) is 15.5. The molecule has 0 aliphatic carbocycles. The number of benzene rings is 1. The third-order valence-corrected chi connectivity index (χ3v) is 4.27. The molecule has 1 heterocycles. The van der Waals surface area contributed by atoms with E-state index in [-0.39, 0.29) is 17.7 Å². The first-order valence-corrected chi connectivity index (χ1v) is 7.13. The number of hydrogen-bond donors (Lipinski definition) is 1. The Hall–Kier alpha value is -1.90. The van der Waals surface area contributed by atoms with Gasteiger partial charge in [-0.2, -0.15) is 0 Å². The molecule has 2 aromatic rings. The molecule has 0 fully saturated rings. The number of rotatable bonds is 4. The molecule has 0 saturated heterocycles. The second-order valence-electron chi connectivity index (χ2n) is 4.41. The van der Waals surface area contributed by atoms with E-state index in [1.165, 1.54) is 30.1 Å². The van der Waals surface area contributed by atoms with Crippen LogP contribution >= 0.6 is 22.6 Å². The van der Waals surface area contributed by atoms with Crippen LogP contribution in [0.1, 0.15) is 21.6 Å². The van der Waals surface area contributed by atoms with Gasteiger partial charge in [-0.05, 0) is 47.7 Å². The number of carbonyl (C=O) groups is 1. The average molecular weight is 400 g/mol. The fraction of sp³-hybridized carbons (Fsp3) is 0.214. The van der Waals surface area contributed by atoms with Crippen LogP contribution < -0.4 is 10.3 Å². The highest BCUT2D eigenvalue weighted by Crippen LogP contribution is 2.20. The largest absolute Gasteiger partial charge is 0.496 e. The number of hydrogen-bond acceptors (Lipinski definition) is 4. The topological polar surface area (TPSA) is 81.4 Å². The molecule has 7 heteroatoms. The van der Waals surface area contributed by atoms with Crippen molar-refractivity contribution in [2.45, 2.75) is 13.5 Å². The van der Waals surface area contributed by atoms with E-state index in [1.54, 1.807) is 13.0 Å². The van der Waals surface area contributed by atoms with Crippen LogP contribution in [0.3, 0.4) is 0 Å². The van der Waals surface area contributed by atoms with Crippen molar-refractivity contribution in [3.8, 4) is 5.75 Å². The quantitative estimate of drug-likeness (QED) is 0.794. The Bertz CT molecular complexity index is 755. The average Bonchev–Trinajstić information content (AvgIpc) is 2.47. The van der Waals surface area contributed by atoms with Crippen LogP contribution in [-0.4, -0.2) is 27.7 Å². The summed E-state index contributed by atoms with van der Waals surface area (Å²) in [5, 5.41) is 9.05. The van der Waals surface area contributed by atoms with E-state index >= 15 is 0 Å².